The molecule has 1 aliphatic heterocycles. The van der Waals surface area contributed by atoms with Crippen LogP contribution in [0.15, 0.2) is 47.6 Å². The van der Waals surface area contributed by atoms with Crippen LogP contribution in [-0.2, 0) is 19.4 Å². The highest BCUT2D eigenvalue weighted by molar-refractivity contribution is 5.97. The Morgan fingerprint density at radius 3 is 2.57 bits per heavy atom. The summed E-state index contributed by atoms with van der Waals surface area (Å²) in [6.07, 6.45) is -2.50. The van der Waals surface area contributed by atoms with Gasteiger partial charge in [-0.25, -0.2) is 0 Å². The molecule has 30 heavy (non-hydrogen) atoms. The highest BCUT2D eigenvalue weighted by atomic mass is 19.4. The smallest absolute Gasteiger partial charge is 0.438 e. The Kier molecular flexibility index (Phi) is 5.05. The number of aliphatic hydroxyl groups is 1. The second-order valence-corrected chi connectivity index (χ2v) is 7.71. The molecule has 4 rings (SSSR count). The van der Waals surface area contributed by atoms with E-state index in [0.717, 1.165) is 30.6 Å². The van der Waals surface area contributed by atoms with Gasteiger partial charge in [-0.3, -0.25) is 4.79 Å². The number of carbonyl (C=O) groups is 1. The number of ether oxygens (including phenoxy) is 1. The molecular formula is C22H21F3N2O3. The zero-order chi connectivity index (χ0) is 21.5. The first kappa shape index (κ1) is 20.4. The van der Waals surface area contributed by atoms with E-state index in [1.165, 1.54) is 30.2 Å². The van der Waals surface area contributed by atoms with Crippen LogP contribution in [0.1, 0.15) is 46.8 Å². The lowest BCUT2D eigenvalue weighted by Crippen LogP contribution is -2.56. The van der Waals surface area contributed by atoms with Crippen LogP contribution in [0.5, 0.6) is 5.75 Å². The lowest BCUT2D eigenvalue weighted by Gasteiger charge is -2.32. The van der Waals surface area contributed by atoms with Crippen molar-refractivity contribution in [1.82, 2.24) is 5.01 Å². The van der Waals surface area contributed by atoms with Gasteiger partial charge < -0.3 is 9.84 Å². The van der Waals surface area contributed by atoms with Gasteiger partial charge in [0.15, 0.2) is 0 Å². The van der Waals surface area contributed by atoms with Crippen LogP contribution in [0, 0.1) is 0 Å². The number of carbonyl (C=O) groups excluding carboxylic acids is 1. The zero-order valence-corrected chi connectivity index (χ0v) is 16.4. The van der Waals surface area contributed by atoms with E-state index in [2.05, 4.69) is 11.2 Å². The van der Waals surface area contributed by atoms with Gasteiger partial charge in [0, 0.05) is 17.7 Å². The first-order valence-corrected chi connectivity index (χ1v) is 9.69. The molecule has 2 aliphatic rings. The van der Waals surface area contributed by atoms with Crippen molar-refractivity contribution in [3.63, 3.8) is 0 Å². The third-order valence-corrected chi connectivity index (χ3v) is 5.45. The molecule has 2 aromatic carbocycles. The van der Waals surface area contributed by atoms with Crippen LogP contribution in [-0.4, -0.2) is 33.6 Å². The van der Waals surface area contributed by atoms with E-state index in [1.807, 2.05) is 12.1 Å². The molecule has 1 heterocycles. The first-order valence-electron chi connectivity index (χ1n) is 9.69. The Bertz CT molecular complexity index is 1000. The molecule has 1 aliphatic carbocycles. The zero-order valence-electron chi connectivity index (χ0n) is 16.4. The van der Waals surface area contributed by atoms with Crippen molar-refractivity contribution < 1.29 is 27.8 Å². The van der Waals surface area contributed by atoms with Crippen molar-refractivity contribution in [2.24, 2.45) is 5.10 Å². The maximum Gasteiger partial charge on any atom is 0.438 e. The van der Waals surface area contributed by atoms with Crippen molar-refractivity contribution in [2.75, 3.05) is 0 Å². The molecule has 0 spiro atoms. The van der Waals surface area contributed by atoms with E-state index in [9.17, 15) is 23.1 Å². The maximum absolute atomic E-state index is 13.3. The summed E-state index contributed by atoms with van der Waals surface area (Å²) in [7, 11) is 0. The SMILES string of the molecule is CC1=NN(C(=O)c2ccc(COc3ccc4c(c3)CCC4)cc2)[C@](O)(C(F)(F)F)C1. The maximum atomic E-state index is 13.3. The van der Waals surface area contributed by atoms with E-state index in [0.29, 0.717) is 0 Å². The highest BCUT2D eigenvalue weighted by Crippen LogP contribution is 2.40. The number of alkyl halides is 3. The van der Waals surface area contributed by atoms with Gasteiger partial charge in [0.1, 0.15) is 12.4 Å². The molecule has 2 aromatic rings. The molecule has 5 nitrogen and oxygen atoms in total. The summed E-state index contributed by atoms with van der Waals surface area (Å²) >= 11 is 0. The fourth-order valence-corrected chi connectivity index (χ4v) is 3.82. The van der Waals surface area contributed by atoms with Crippen LogP contribution in [0.2, 0.25) is 0 Å². The van der Waals surface area contributed by atoms with Crippen LogP contribution < -0.4 is 4.74 Å². The number of halogens is 3. The second kappa shape index (κ2) is 7.43. The van der Waals surface area contributed by atoms with E-state index in [4.69, 9.17) is 4.74 Å². The summed E-state index contributed by atoms with van der Waals surface area (Å²) in [6, 6.07) is 12.1. The molecule has 158 valence electrons. The van der Waals surface area contributed by atoms with E-state index >= 15 is 0 Å². The van der Waals surface area contributed by atoms with Gasteiger partial charge in [-0.1, -0.05) is 18.2 Å². The van der Waals surface area contributed by atoms with E-state index in [1.54, 1.807) is 12.1 Å². The predicted octanol–water partition coefficient (Wildman–Crippen LogP) is 4.23. The largest absolute Gasteiger partial charge is 0.489 e. The standard InChI is InChI=1S/C22H21F3N2O3/c1-14-12-21(29,22(23,24)25)27(26-14)20(28)17-7-5-15(6-8-17)13-30-19-10-9-16-3-2-4-18(16)11-19/h5-11,29H,2-4,12-13H2,1H3/t21-/m1/s1. The third-order valence-electron chi connectivity index (χ3n) is 5.45. The van der Waals surface area contributed by atoms with E-state index in [-0.39, 0.29) is 22.9 Å². The topological polar surface area (TPSA) is 62.1 Å². The average Bonchev–Trinajstić information content (AvgIpc) is 3.29. The fourth-order valence-electron chi connectivity index (χ4n) is 3.82. The number of benzene rings is 2. The van der Waals surface area contributed by atoms with Crippen LogP contribution >= 0.6 is 0 Å². The summed E-state index contributed by atoms with van der Waals surface area (Å²) < 4.78 is 45.8. The van der Waals surface area contributed by atoms with Crippen LogP contribution in [0.25, 0.3) is 0 Å². The Morgan fingerprint density at radius 1 is 1.17 bits per heavy atom. The number of aryl methyl sites for hydroxylation is 2. The van der Waals surface area contributed by atoms with Gasteiger partial charge in [0.2, 0.25) is 0 Å². The molecule has 0 saturated heterocycles. The monoisotopic (exact) mass is 418 g/mol. The normalized spacial score (nSPS) is 20.8. The number of nitrogens with zero attached hydrogens (tertiary/aromatic N) is 2. The Hall–Kier alpha value is -2.87. The van der Waals surface area contributed by atoms with Gasteiger partial charge in [-0.15, -0.1) is 0 Å². The number of hydrogen-bond acceptors (Lipinski definition) is 4. The summed E-state index contributed by atoms with van der Waals surface area (Å²) in [6.45, 7) is 1.60. The van der Waals surface area contributed by atoms with Crippen molar-refractivity contribution >= 4 is 11.6 Å². The molecule has 0 radical (unpaired) electrons. The number of hydrogen-bond donors (Lipinski definition) is 1. The molecule has 8 heteroatoms. The van der Waals surface area contributed by atoms with Crippen LogP contribution in [0.3, 0.4) is 0 Å². The molecule has 1 atom stereocenters. The third kappa shape index (κ3) is 3.67. The fraction of sp³-hybridized carbons (Fsp3) is 0.364. The Balaban J connectivity index is 1.45. The van der Waals surface area contributed by atoms with Crippen molar-refractivity contribution in [3.05, 3.63) is 64.7 Å². The molecule has 0 fully saturated rings. The van der Waals surface area contributed by atoms with Gasteiger partial charge in [0.05, 0.1) is 0 Å². The average molecular weight is 418 g/mol. The summed E-state index contributed by atoms with van der Waals surface area (Å²) in [5, 5.41) is 13.8. The van der Waals surface area contributed by atoms with E-state index < -0.39 is 24.2 Å². The predicted molar refractivity (Wildman–Crippen MR) is 104 cm³/mol. The number of hydrazone groups is 1. The molecule has 0 saturated carbocycles. The number of fused-ring (bicyclic) bond motifs is 1. The molecule has 1 amide bonds. The number of rotatable bonds is 4. The molecule has 0 unspecified atom stereocenters. The number of amides is 1. The van der Waals surface area contributed by atoms with Crippen LogP contribution in [0.4, 0.5) is 13.2 Å². The quantitative estimate of drug-likeness (QED) is 0.809. The minimum atomic E-state index is -5.02. The summed E-state index contributed by atoms with van der Waals surface area (Å²) in [4.78, 5) is 12.6. The van der Waals surface area contributed by atoms with Gasteiger partial charge in [-0.2, -0.15) is 23.3 Å². The minimum Gasteiger partial charge on any atom is -0.489 e. The van der Waals surface area contributed by atoms with Gasteiger partial charge >= 0.3 is 6.18 Å². The lowest BCUT2D eigenvalue weighted by molar-refractivity contribution is -0.297. The van der Waals surface area contributed by atoms with Crippen molar-refractivity contribution in [1.29, 1.82) is 0 Å². The highest BCUT2D eigenvalue weighted by Gasteiger charge is 2.62. The minimum absolute atomic E-state index is 0.00240. The molecule has 1 N–H and O–H groups in total. The van der Waals surface area contributed by atoms with Crippen molar-refractivity contribution in [2.45, 2.75) is 51.1 Å². The first-order chi connectivity index (χ1) is 14.2. The lowest BCUT2D eigenvalue weighted by atomic mass is 10.1. The summed E-state index contributed by atoms with van der Waals surface area (Å²) in [5.41, 5.74) is 0.110. The van der Waals surface area contributed by atoms with Gasteiger partial charge in [-0.05, 0) is 67.1 Å². The molecular weight excluding hydrogens is 397 g/mol. The summed E-state index contributed by atoms with van der Waals surface area (Å²) in [5.74, 6) is -0.259. The Labute approximate surface area is 171 Å². The van der Waals surface area contributed by atoms with Crippen molar-refractivity contribution in [3.8, 4) is 5.75 Å². The van der Waals surface area contributed by atoms with Gasteiger partial charge in [0.25, 0.3) is 11.6 Å². The molecule has 0 bridgehead atoms. The molecule has 0 aromatic heterocycles. The second-order valence-electron chi connectivity index (χ2n) is 7.71. The Morgan fingerprint density at radius 2 is 1.87 bits per heavy atom.